The molecule has 0 heterocycles. The van der Waals surface area contributed by atoms with Gasteiger partial charge >= 0.3 is 0 Å². The maximum atomic E-state index is 14.1. The summed E-state index contributed by atoms with van der Waals surface area (Å²) >= 11 is 0. The van der Waals surface area contributed by atoms with Crippen molar-refractivity contribution in [3.63, 3.8) is 0 Å². The molecule has 1 aromatic rings. The van der Waals surface area contributed by atoms with Gasteiger partial charge in [0, 0.05) is 11.6 Å². The Labute approximate surface area is 117 Å². The molecule has 108 valence electrons. The highest BCUT2D eigenvalue weighted by atomic mass is 19.1. The monoisotopic (exact) mass is 265 g/mol. The van der Waals surface area contributed by atoms with E-state index in [2.05, 4.69) is 12.2 Å². The van der Waals surface area contributed by atoms with Gasteiger partial charge in [-0.2, -0.15) is 0 Å². The minimum atomic E-state index is -0.0483. The van der Waals surface area contributed by atoms with Crippen molar-refractivity contribution in [1.82, 2.24) is 5.32 Å². The van der Waals surface area contributed by atoms with Gasteiger partial charge in [0.15, 0.2) is 0 Å². The van der Waals surface area contributed by atoms with Gasteiger partial charge in [-0.3, -0.25) is 0 Å². The largest absolute Gasteiger partial charge is 0.313 e. The topological polar surface area (TPSA) is 12.0 Å². The van der Waals surface area contributed by atoms with Crippen molar-refractivity contribution in [2.75, 3.05) is 7.05 Å². The average Bonchev–Trinajstić information content (AvgIpc) is 2.42. The molecule has 1 rings (SSSR count). The highest BCUT2D eigenvalue weighted by Gasteiger charge is 2.14. The SMILES string of the molecule is CCCCCCCCC(NC)c1cccc(C)c1F. The van der Waals surface area contributed by atoms with Crippen molar-refractivity contribution < 1.29 is 4.39 Å². The van der Waals surface area contributed by atoms with Crippen LogP contribution in [0.4, 0.5) is 4.39 Å². The van der Waals surface area contributed by atoms with Crippen molar-refractivity contribution >= 4 is 0 Å². The zero-order valence-corrected chi connectivity index (χ0v) is 12.6. The molecule has 0 aliphatic carbocycles. The van der Waals surface area contributed by atoms with Gasteiger partial charge in [0.2, 0.25) is 0 Å². The first-order chi connectivity index (χ1) is 9.20. The predicted molar refractivity (Wildman–Crippen MR) is 80.9 cm³/mol. The van der Waals surface area contributed by atoms with E-state index in [-0.39, 0.29) is 11.9 Å². The maximum Gasteiger partial charge on any atom is 0.130 e. The molecule has 1 atom stereocenters. The Kier molecular flexibility index (Phi) is 7.73. The molecule has 1 nitrogen and oxygen atoms in total. The van der Waals surface area contributed by atoms with Crippen LogP contribution in [0.15, 0.2) is 18.2 Å². The summed E-state index contributed by atoms with van der Waals surface area (Å²) < 4.78 is 14.1. The fourth-order valence-electron chi connectivity index (χ4n) is 2.52. The smallest absolute Gasteiger partial charge is 0.130 e. The predicted octanol–water partition coefficient (Wildman–Crippen LogP) is 5.15. The first-order valence-electron chi connectivity index (χ1n) is 7.63. The van der Waals surface area contributed by atoms with Crippen LogP contribution in [0.25, 0.3) is 0 Å². The number of hydrogen-bond acceptors (Lipinski definition) is 1. The van der Waals surface area contributed by atoms with E-state index in [9.17, 15) is 4.39 Å². The third-order valence-electron chi connectivity index (χ3n) is 3.79. The van der Waals surface area contributed by atoms with Crippen LogP contribution in [0.2, 0.25) is 0 Å². The first-order valence-corrected chi connectivity index (χ1v) is 7.63. The third-order valence-corrected chi connectivity index (χ3v) is 3.79. The van der Waals surface area contributed by atoms with Crippen LogP contribution in [-0.2, 0) is 0 Å². The van der Waals surface area contributed by atoms with E-state index >= 15 is 0 Å². The molecular formula is C17H28FN. The lowest BCUT2D eigenvalue weighted by atomic mass is 9.98. The Morgan fingerprint density at radius 2 is 1.79 bits per heavy atom. The van der Waals surface area contributed by atoms with Gasteiger partial charge in [-0.1, -0.05) is 63.6 Å². The minimum Gasteiger partial charge on any atom is -0.313 e. The fraction of sp³-hybridized carbons (Fsp3) is 0.647. The highest BCUT2D eigenvalue weighted by Crippen LogP contribution is 2.24. The Morgan fingerprint density at radius 1 is 1.11 bits per heavy atom. The molecule has 19 heavy (non-hydrogen) atoms. The highest BCUT2D eigenvalue weighted by molar-refractivity contribution is 5.27. The van der Waals surface area contributed by atoms with Crippen LogP contribution in [0.3, 0.4) is 0 Å². The van der Waals surface area contributed by atoms with Crippen molar-refractivity contribution in [2.45, 2.75) is 64.8 Å². The molecule has 0 saturated heterocycles. The molecule has 0 saturated carbocycles. The van der Waals surface area contributed by atoms with Crippen molar-refractivity contribution in [1.29, 1.82) is 0 Å². The first kappa shape index (κ1) is 16.2. The summed E-state index contributed by atoms with van der Waals surface area (Å²) in [6.45, 7) is 4.06. The van der Waals surface area contributed by atoms with Crippen molar-refractivity contribution in [3.05, 3.63) is 35.1 Å². The molecule has 0 aliphatic rings. The number of halogens is 1. The number of benzene rings is 1. The second-order valence-electron chi connectivity index (χ2n) is 5.38. The quantitative estimate of drug-likeness (QED) is 0.609. The Hall–Kier alpha value is -0.890. The van der Waals surface area contributed by atoms with Crippen LogP contribution in [0.5, 0.6) is 0 Å². The summed E-state index contributed by atoms with van der Waals surface area (Å²) in [6.07, 6.45) is 8.70. The number of nitrogens with one attached hydrogen (secondary N) is 1. The van der Waals surface area contributed by atoms with Gasteiger partial charge in [-0.15, -0.1) is 0 Å². The molecule has 1 aromatic carbocycles. The van der Waals surface area contributed by atoms with E-state index in [1.54, 1.807) is 0 Å². The van der Waals surface area contributed by atoms with E-state index in [1.807, 2.05) is 32.2 Å². The maximum absolute atomic E-state index is 14.1. The number of aryl methyl sites for hydroxylation is 1. The number of unbranched alkanes of at least 4 members (excludes halogenated alkanes) is 5. The molecular weight excluding hydrogens is 237 g/mol. The van der Waals surface area contributed by atoms with Crippen LogP contribution in [-0.4, -0.2) is 7.05 Å². The summed E-state index contributed by atoms with van der Waals surface area (Å²) in [5.74, 6) is -0.0483. The molecule has 1 unspecified atom stereocenters. The molecule has 0 amide bonds. The standard InChI is InChI=1S/C17H28FN/c1-4-5-6-7-8-9-13-16(19-3)15-12-10-11-14(2)17(15)18/h10-12,16,19H,4-9,13H2,1-3H3. The van der Waals surface area contributed by atoms with Crippen LogP contribution < -0.4 is 5.32 Å². The van der Waals surface area contributed by atoms with Gasteiger partial charge in [-0.05, 0) is 26.0 Å². The lowest BCUT2D eigenvalue weighted by Crippen LogP contribution is -2.18. The Balaban J connectivity index is 2.43. The zero-order valence-electron chi connectivity index (χ0n) is 12.6. The lowest BCUT2D eigenvalue weighted by molar-refractivity contribution is 0.474. The zero-order chi connectivity index (χ0) is 14.1. The summed E-state index contributed by atoms with van der Waals surface area (Å²) in [5.41, 5.74) is 1.55. The molecule has 0 fully saturated rings. The van der Waals surface area contributed by atoms with Gasteiger partial charge < -0.3 is 5.32 Å². The third kappa shape index (κ3) is 5.32. The molecule has 0 aliphatic heterocycles. The second kappa shape index (κ2) is 9.08. The van der Waals surface area contributed by atoms with E-state index in [0.29, 0.717) is 0 Å². The van der Waals surface area contributed by atoms with Crippen LogP contribution in [0.1, 0.15) is 69.0 Å². The Bertz CT molecular complexity index is 362. The van der Waals surface area contributed by atoms with Crippen molar-refractivity contribution in [3.8, 4) is 0 Å². The summed E-state index contributed by atoms with van der Waals surface area (Å²) in [7, 11) is 1.92. The molecule has 0 spiro atoms. The fourth-order valence-corrected chi connectivity index (χ4v) is 2.52. The van der Waals surface area contributed by atoms with Gasteiger partial charge in [0.05, 0.1) is 0 Å². The average molecular weight is 265 g/mol. The van der Waals surface area contributed by atoms with Gasteiger partial charge in [-0.25, -0.2) is 4.39 Å². The molecule has 0 aromatic heterocycles. The van der Waals surface area contributed by atoms with Gasteiger partial charge in [0.1, 0.15) is 5.82 Å². The molecule has 1 N–H and O–H groups in total. The second-order valence-corrected chi connectivity index (χ2v) is 5.38. The van der Waals surface area contributed by atoms with E-state index in [0.717, 1.165) is 17.5 Å². The molecule has 0 bridgehead atoms. The lowest BCUT2D eigenvalue weighted by Gasteiger charge is -2.18. The van der Waals surface area contributed by atoms with Crippen molar-refractivity contribution in [2.24, 2.45) is 0 Å². The molecule has 0 radical (unpaired) electrons. The van der Waals surface area contributed by atoms with E-state index in [4.69, 9.17) is 0 Å². The summed E-state index contributed by atoms with van der Waals surface area (Å²) in [5, 5.41) is 3.25. The summed E-state index contributed by atoms with van der Waals surface area (Å²) in [4.78, 5) is 0. The van der Waals surface area contributed by atoms with Gasteiger partial charge in [0.25, 0.3) is 0 Å². The molecule has 2 heteroatoms. The van der Waals surface area contributed by atoms with Crippen LogP contribution in [0, 0.1) is 12.7 Å². The number of hydrogen-bond donors (Lipinski definition) is 1. The Morgan fingerprint density at radius 3 is 2.47 bits per heavy atom. The normalized spacial score (nSPS) is 12.6. The number of rotatable bonds is 9. The van der Waals surface area contributed by atoms with E-state index in [1.165, 1.54) is 38.5 Å². The van der Waals surface area contributed by atoms with E-state index < -0.39 is 0 Å². The summed E-state index contributed by atoms with van der Waals surface area (Å²) in [6, 6.07) is 5.82. The minimum absolute atomic E-state index is 0.0483. The van der Waals surface area contributed by atoms with Crippen LogP contribution >= 0.6 is 0 Å².